The van der Waals surface area contributed by atoms with E-state index in [9.17, 15) is 5.11 Å². The molecular weight excluding hydrogens is 254 g/mol. The zero-order chi connectivity index (χ0) is 14.4. The predicted octanol–water partition coefficient (Wildman–Crippen LogP) is 0.972. The molecule has 1 aromatic rings. The van der Waals surface area contributed by atoms with Gasteiger partial charge in [0.05, 0.1) is 30.6 Å². The van der Waals surface area contributed by atoms with Gasteiger partial charge in [0.25, 0.3) is 0 Å². The Labute approximate surface area is 119 Å². The van der Waals surface area contributed by atoms with Crippen molar-refractivity contribution < 1.29 is 9.84 Å². The van der Waals surface area contributed by atoms with Gasteiger partial charge in [-0.1, -0.05) is 12.1 Å². The summed E-state index contributed by atoms with van der Waals surface area (Å²) in [7, 11) is 0. The van der Waals surface area contributed by atoms with Crippen molar-refractivity contribution in [3.05, 3.63) is 29.3 Å². The minimum atomic E-state index is -0.458. The summed E-state index contributed by atoms with van der Waals surface area (Å²) in [5.74, 6) is 0. The molecule has 108 valence electrons. The summed E-state index contributed by atoms with van der Waals surface area (Å²) in [6.07, 6.45) is -0.458. The molecule has 0 bridgehead atoms. The first-order valence-electron chi connectivity index (χ1n) is 6.92. The van der Waals surface area contributed by atoms with Crippen LogP contribution in [0.25, 0.3) is 0 Å². The highest BCUT2D eigenvalue weighted by molar-refractivity contribution is 5.60. The lowest BCUT2D eigenvalue weighted by Gasteiger charge is -2.28. The van der Waals surface area contributed by atoms with Gasteiger partial charge in [0, 0.05) is 26.2 Å². The van der Waals surface area contributed by atoms with Crippen molar-refractivity contribution in [2.24, 2.45) is 0 Å². The molecule has 0 saturated carbocycles. The third kappa shape index (κ3) is 3.94. The molecule has 0 radical (unpaired) electrons. The Morgan fingerprint density at radius 3 is 2.90 bits per heavy atom. The Morgan fingerprint density at radius 2 is 2.20 bits per heavy atom. The maximum absolute atomic E-state index is 10.1. The van der Waals surface area contributed by atoms with E-state index < -0.39 is 6.10 Å². The van der Waals surface area contributed by atoms with Crippen molar-refractivity contribution in [2.45, 2.75) is 13.0 Å². The lowest BCUT2D eigenvalue weighted by atomic mass is 10.1. The van der Waals surface area contributed by atoms with Crippen LogP contribution in [0.3, 0.4) is 0 Å². The number of hydrogen-bond donors (Lipinski definition) is 2. The van der Waals surface area contributed by atoms with Gasteiger partial charge in [0.15, 0.2) is 0 Å². The van der Waals surface area contributed by atoms with E-state index >= 15 is 0 Å². The molecule has 1 aliphatic rings. The number of β-amino-alcohol motifs (C(OH)–C–C–N with tert-alkyl or cyclic N) is 1. The number of nitriles is 1. The van der Waals surface area contributed by atoms with Crippen LogP contribution in [0.5, 0.6) is 0 Å². The number of aliphatic hydroxyl groups is 1. The fourth-order valence-corrected chi connectivity index (χ4v) is 2.34. The standard InChI is InChI=1S/C15H21N3O2/c1-12-3-2-4-15(14(12)9-16)17-10-13(19)11-18-5-7-20-8-6-18/h2-4,13,17,19H,5-8,10-11H2,1H3. The highest BCUT2D eigenvalue weighted by Gasteiger charge is 2.15. The lowest BCUT2D eigenvalue weighted by molar-refractivity contribution is 0.0171. The van der Waals surface area contributed by atoms with Gasteiger partial charge < -0.3 is 15.2 Å². The van der Waals surface area contributed by atoms with E-state index in [-0.39, 0.29) is 0 Å². The fourth-order valence-electron chi connectivity index (χ4n) is 2.34. The summed E-state index contributed by atoms with van der Waals surface area (Å²) in [4.78, 5) is 2.19. The summed E-state index contributed by atoms with van der Waals surface area (Å²) < 4.78 is 5.28. The fraction of sp³-hybridized carbons (Fsp3) is 0.533. The Hall–Kier alpha value is -1.61. The molecule has 0 amide bonds. The number of hydrogen-bond acceptors (Lipinski definition) is 5. The van der Waals surface area contributed by atoms with Gasteiger partial charge in [0.1, 0.15) is 6.07 Å². The summed E-state index contributed by atoms with van der Waals surface area (Å²) in [5.41, 5.74) is 2.37. The van der Waals surface area contributed by atoms with Crippen LogP contribution in [0, 0.1) is 18.3 Å². The Kier molecular flexibility index (Phi) is 5.36. The molecule has 1 aromatic carbocycles. The molecule has 1 heterocycles. The molecular formula is C15H21N3O2. The number of nitrogens with zero attached hydrogens (tertiary/aromatic N) is 2. The number of ether oxygens (including phenoxy) is 1. The van der Waals surface area contributed by atoms with Crippen LogP contribution in [0.2, 0.25) is 0 Å². The van der Waals surface area contributed by atoms with Crippen LogP contribution < -0.4 is 5.32 Å². The maximum Gasteiger partial charge on any atom is 0.102 e. The second-order valence-corrected chi connectivity index (χ2v) is 5.06. The predicted molar refractivity (Wildman–Crippen MR) is 77.6 cm³/mol. The zero-order valence-electron chi connectivity index (χ0n) is 11.8. The van der Waals surface area contributed by atoms with Gasteiger partial charge in [-0.05, 0) is 18.6 Å². The monoisotopic (exact) mass is 275 g/mol. The van der Waals surface area contributed by atoms with E-state index in [4.69, 9.17) is 10.00 Å². The molecule has 0 aromatic heterocycles. The first-order valence-corrected chi connectivity index (χ1v) is 6.92. The number of rotatable bonds is 5. The molecule has 1 fully saturated rings. The molecule has 1 unspecified atom stereocenters. The average molecular weight is 275 g/mol. The van der Waals surface area contributed by atoms with E-state index in [1.165, 1.54) is 0 Å². The van der Waals surface area contributed by atoms with Crippen LogP contribution in [0.1, 0.15) is 11.1 Å². The number of aryl methyl sites for hydroxylation is 1. The van der Waals surface area contributed by atoms with E-state index in [0.29, 0.717) is 18.7 Å². The highest BCUT2D eigenvalue weighted by atomic mass is 16.5. The van der Waals surface area contributed by atoms with Crippen LogP contribution in [0.15, 0.2) is 18.2 Å². The molecule has 1 saturated heterocycles. The zero-order valence-corrected chi connectivity index (χ0v) is 11.8. The first kappa shape index (κ1) is 14.8. The largest absolute Gasteiger partial charge is 0.390 e. The van der Waals surface area contributed by atoms with Gasteiger partial charge in [-0.15, -0.1) is 0 Å². The summed E-state index contributed by atoms with van der Waals surface area (Å²) in [6, 6.07) is 7.89. The minimum absolute atomic E-state index is 0.440. The van der Waals surface area contributed by atoms with Crippen molar-refractivity contribution in [1.29, 1.82) is 5.26 Å². The normalized spacial score (nSPS) is 17.4. The second kappa shape index (κ2) is 7.25. The van der Waals surface area contributed by atoms with Gasteiger partial charge in [-0.2, -0.15) is 5.26 Å². The molecule has 1 aliphatic heterocycles. The van der Waals surface area contributed by atoms with Crippen molar-refractivity contribution >= 4 is 5.69 Å². The van der Waals surface area contributed by atoms with Gasteiger partial charge in [-0.3, -0.25) is 4.90 Å². The number of anilines is 1. The average Bonchev–Trinajstić information content (AvgIpc) is 2.46. The van der Waals surface area contributed by atoms with Gasteiger partial charge >= 0.3 is 0 Å². The molecule has 1 atom stereocenters. The Morgan fingerprint density at radius 1 is 1.45 bits per heavy atom. The van der Waals surface area contributed by atoms with Crippen molar-refractivity contribution in [3.63, 3.8) is 0 Å². The topological polar surface area (TPSA) is 68.5 Å². The molecule has 2 rings (SSSR count). The Bertz CT molecular complexity index is 478. The number of morpholine rings is 1. The first-order chi connectivity index (χ1) is 9.70. The molecule has 20 heavy (non-hydrogen) atoms. The SMILES string of the molecule is Cc1cccc(NCC(O)CN2CCOCC2)c1C#N. The molecule has 5 heteroatoms. The van der Waals surface area contributed by atoms with E-state index in [0.717, 1.165) is 37.6 Å². The van der Waals surface area contributed by atoms with Gasteiger partial charge in [-0.25, -0.2) is 0 Å². The molecule has 0 aliphatic carbocycles. The third-order valence-corrected chi connectivity index (χ3v) is 3.49. The van der Waals surface area contributed by atoms with E-state index in [1.807, 2.05) is 25.1 Å². The van der Waals surface area contributed by atoms with E-state index in [1.54, 1.807) is 0 Å². The molecule has 0 spiro atoms. The number of nitrogens with one attached hydrogen (secondary N) is 1. The van der Waals surface area contributed by atoms with Crippen LogP contribution in [-0.2, 0) is 4.74 Å². The van der Waals surface area contributed by atoms with Crippen LogP contribution >= 0.6 is 0 Å². The summed E-state index contributed by atoms with van der Waals surface area (Å²) >= 11 is 0. The number of benzene rings is 1. The smallest absolute Gasteiger partial charge is 0.102 e. The number of aliphatic hydroxyl groups excluding tert-OH is 1. The molecule has 2 N–H and O–H groups in total. The second-order valence-electron chi connectivity index (χ2n) is 5.06. The van der Waals surface area contributed by atoms with Gasteiger partial charge in [0.2, 0.25) is 0 Å². The summed E-state index contributed by atoms with van der Waals surface area (Å²) in [6.45, 7) is 6.18. The van der Waals surface area contributed by atoms with Crippen molar-refractivity contribution in [1.82, 2.24) is 4.90 Å². The maximum atomic E-state index is 10.1. The lowest BCUT2D eigenvalue weighted by Crippen LogP contribution is -2.42. The van der Waals surface area contributed by atoms with E-state index in [2.05, 4.69) is 16.3 Å². The Balaban J connectivity index is 1.85. The third-order valence-electron chi connectivity index (χ3n) is 3.49. The van der Waals surface area contributed by atoms with Crippen molar-refractivity contribution in [3.8, 4) is 6.07 Å². The van der Waals surface area contributed by atoms with Crippen LogP contribution in [0.4, 0.5) is 5.69 Å². The molecule has 5 nitrogen and oxygen atoms in total. The minimum Gasteiger partial charge on any atom is -0.390 e. The van der Waals surface area contributed by atoms with Crippen LogP contribution in [-0.4, -0.2) is 55.5 Å². The quantitative estimate of drug-likeness (QED) is 0.838. The van der Waals surface area contributed by atoms with Crippen molar-refractivity contribution in [2.75, 3.05) is 44.7 Å². The highest BCUT2D eigenvalue weighted by Crippen LogP contribution is 2.18. The summed E-state index contributed by atoms with van der Waals surface area (Å²) in [5, 5.41) is 22.4.